The Morgan fingerprint density at radius 2 is 2.05 bits per heavy atom. The minimum absolute atomic E-state index is 0. The molecule has 0 saturated carbocycles. The molecule has 1 saturated heterocycles. The van der Waals surface area contributed by atoms with Crippen LogP contribution < -0.4 is 5.73 Å². The second kappa shape index (κ2) is 7.17. The minimum atomic E-state index is -0.425. The first-order chi connectivity index (χ1) is 8.61. The molecule has 0 aromatic heterocycles. The SMILES string of the molecule is CC1SCCN(C(=O)[C@H](C)N)C1c1ccccc1.Cl. The van der Waals surface area contributed by atoms with Gasteiger partial charge in [0.05, 0.1) is 12.1 Å². The van der Waals surface area contributed by atoms with Gasteiger partial charge < -0.3 is 10.6 Å². The number of hydrogen-bond acceptors (Lipinski definition) is 3. The van der Waals surface area contributed by atoms with Crippen molar-refractivity contribution in [1.82, 2.24) is 4.90 Å². The predicted octanol–water partition coefficient (Wildman–Crippen LogP) is 2.46. The van der Waals surface area contributed by atoms with E-state index in [1.807, 2.05) is 34.9 Å². The van der Waals surface area contributed by atoms with Crippen LogP contribution in [0.2, 0.25) is 0 Å². The van der Waals surface area contributed by atoms with Gasteiger partial charge in [-0.05, 0) is 12.5 Å². The average molecular weight is 301 g/mol. The number of carbonyl (C=O) groups is 1. The molecule has 0 radical (unpaired) electrons. The zero-order valence-corrected chi connectivity index (χ0v) is 12.9. The lowest BCUT2D eigenvalue weighted by Crippen LogP contribution is -2.49. The topological polar surface area (TPSA) is 46.3 Å². The van der Waals surface area contributed by atoms with Crippen LogP contribution in [0.5, 0.6) is 0 Å². The standard InChI is InChI=1S/C14H20N2OS.ClH/c1-10(15)14(17)16-8-9-18-11(2)13(16)12-6-4-3-5-7-12;/h3-7,10-11,13H,8-9,15H2,1-2H3;1H/t10-,11?,13?;/m0./s1. The maximum atomic E-state index is 12.2. The van der Waals surface area contributed by atoms with Gasteiger partial charge in [0.1, 0.15) is 0 Å². The fourth-order valence-corrected chi connectivity index (χ4v) is 3.59. The van der Waals surface area contributed by atoms with Crippen molar-refractivity contribution in [2.45, 2.75) is 31.2 Å². The number of nitrogens with two attached hydrogens (primary N) is 1. The molecule has 3 nitrogen and oxygen atoms in total. The fraction of sp³-hybridized carbons (Fsp3) is 0.500. The molecule has 0 bridgehead atoms. The molecule has 19 heavy (non-hydrogen) atoms. The van der Waals surface area contributed by atoms with Crippen molar-refractivity contribution < 1.29 is 4.79 Å². The lowest BCUT2D eigenvalue weighted by molar-refractivity contribution is -0.134. The number of benzene rings is 1. The van der Waals surface area contributed by atoms with Crippen molar-refractivity contribution in [3.63, 3.8) is 0 Å². The number of amides is 1. The minimum Gasteiger partial charge on any atom is -0.332 e. The summed E-state index contributed by atoms with van der Waals surface area (Å²) in [6.45, 7) is 4.73. The van der Waals surface area contributed by atoms with E-state index < -0.39 is 6.04 Å². The van der Waals surface area contributed by atoms with E-state index in [9.17, 15) is 4.79 Å². The van der Waals surface area contributed by atoms with Crippen LogP contribution >= 0.6 is 24.2 Å². The Bertz CT molecular complexity index is 413. The van der Waals surface area contributed by atoms with Crippen LogP contribution in [-0.2, 0) is 4.79 Å². The molecule has 5 heteroatoms. The Kier molecular flexibility index (Phi) is 6.17. The highest BCUT2D eigenvalue weighted by molar-refractivity contribution is 8.00. The highest BCUT2D eigenvalue weighted by Crippen LogP contribution is 2.36. The molecular formula is C14H21ClN2OS. The lowest BCUT2D eigenvalue weighted by Gasteiger charge is -2.40. The third kappa shape index (κ3) is 3.65. The molecular weight excluding hydrogens is 280 g/mol. The number of thioether (sulfide) groups is 1. The van der Waals surface area contributed by atoms with Crippen LogP contribution in [0.25, 0.3) is 0 Å². The Balaban J connectivity index is 0.00000180. The van der Waals surface area contributed by atoms with Gasteiger partial charge in [0.25, 0.3) is 0 Å². The second-order valence-electron chi connectivity index (χ2n) is 4.75. The third-order valence-corrected chi connectivity index (χ3v) is 4.51. The highest BCUT2D eigenvalue weighted by atomic mass is 35.5. The Morgan fingerprint density at radius 3 is 2.63 bits per heavy atom. The molecule has 1 aromatic rings. The smallest absolute Gasteiger partial charge is 0.239 e. The van der Waals surface area contributed by atoms with Crippen LogP contribution in [0.1, 0.15) is 25.5 Å². The van der Waals surface area contributed by atoms with Crippen LogP contribution in [0, 0.1) is 0 Å². The monoisotopic (exact) mass is 300 g/mol. The van der Waals surface area contributed by atoms with Gasteiger partial charge in [-0.15, -0.1) is 12.4 Å². The molecule has 3 atom stereocenters. The maximum Gasteiger partial charge on any atom is 0.239 e. The molecule has 106 valence electrons. The van der Waals surface area contributed by atoms with E-state index in [4.69, 9.17) is 5.73 Å². The van der Waals surface area contributed by atoms with Crippen LogP contribution in [0.4, 0.5) is 0 Å². The number of carbonyl (C=O) groups excluding carboxylic acids is 1. The van der Waals surface area contributed by atoms with Crippen molar-refractivity contribution in [3.05, 3.63) is 35.9 Å². The Labute approximate surface area is 125 Å². The summed E-state index contributed by atoms with van der Waals surface area (Å²) in [5, 5.41) is 0.406. The lowest BCUT2D eigenvalue weighted by atomic mass is 10.0. The van der Waals surface area contributed by atoms with Crippen molar-refractivity contribution in [1.29, 1.82) is 0 Å². The van der Waals surface area contributed by atoms with E-state index in [-0.39, 0.29) is 24.4 Å². The molecule has 0 spiro atoms. The van der Waals surface area contributed by atoms with Gasteiger partial charge in [-0.3, -0.25) is 4.79 Å². The first kappa shape index (κ1) is 16.3. The maximum absolute atomic E-state index is 12.2. The van der Waals surface area contributed by atoms with Gasteiger partial charge in [0.2, 0.25) is 5.91 Å². The molecule has 1 aliphatic heterocycles. The van der Waals surface area contributed by atoms with E-state index in [0.717, 1.165) is 12.3 Å². The summed E-state index contributed by atoms with van der Waals surface area (Å²) in [5.74, 6) is 1.04. The van der Waals surface area contributed by atoms with Gasteiger partial charge in [-0.2, -0.15) is 11.8 Å². The summed E-state index contributed by atoms with van der Waals surface area (Å²) < 4.78 is 0. The van der Waals surface area contributed by atoms with Crippen molar-refractivity contribution >= 4 is 30.1 Å². The zero-order chi connectivity index (χ0) is 13.1. The fourth-order valence-electron chi connectivity index (χ4n) is 2.43. The summed E-state index contributed by atoms with van der Waals surface area (Å²) in [5.41, 5.74) is 6.95. The van der Waals surface area contributed by atoms with Crippen LogP contribution in [0.3, 0.4) is 0 Å². The normalized spacial score (nSPS) is 24.5. The van der Waals surface area contributed by atoms with Gasteiger partial charge in [-0.1, -0.05) is 37.3 Å². The summed E-state index contributed by atoms with van der Waals surface area (Å²) >= 11 is 1.92. The molecule has 1 aliphatic rings. The van der Waals surface area contributed by atoms with E-state index in [1.54, 1.807) is 6.92 Å². The van der Waals surface area contributed by atoms with Gasteiger partial charge >= 0.3 is 0 Å². The molecule has 0 aliphatic carbocycles. The summed E-state index contributed by atoms with van der Waals surface area (Å²) in [6, 6.07) is 9.95. The molecule has 2 N–H and O–H groups in total. The van der Waals surface area contributed by atoms with Crippen LogP contribution in [-0.4, -0.2) is 34.4 Å². The van der Waals surface area contributed by atoms with Crippen molar-refractivity contribution in [3.8, 4) is 0 Å². The summed E-state index contributed by atoms with van der Waals surface area (Å²) in [6.07, 6.45) is 0. The second-order valence-corrected chi connectivity index (χ2v) is 6.24. The van der Waals surface area contributed by atoms with Gasteiger partial charge in [-0.25, -0.2) is 0 Å². The predicted molar refractivity (Wildman–Crippen MR) is 83.7 cm³/mol. The van der Waals surface area contributed by atoms with Gasteiger partial charge in [0.15, 0.2) is 0 Å². The van der Waals surface area contributed by atoms with E-state index in [1.165, 1.54) is 5.56 Å². The highest BCUT2D eigenvalue weighted by Gasteiger charge is 2.34. The van der Waals surface area contributed by atoms with E-state index >= 15 is 0 Å². The van der Waals surface area contributed by atoms with E-state index in [2.05, 4.69) is 19.1 Å². The molecule has 1 heterocycles. The van der Waals surface area contributed by atoms with E-state index in [0.29, 0.717) is 5.25 Å². The third-order valence-electron chi connectivity index (χ3n) is 3.31. The first-order valence-electron chi connectivity index (χ1n) is 6.34. The summed E-state index contributed by atoms with van der Waals surface area (Å²) in [4.78, 5) is 14.2. The van der Waals surface area contributed by atoms with Gasteiger partial charge in [0, 0.05) is 17.5 Å². The Morgan fingerprint density at radius 1 is 1.42 bits per heavy atom. The number of halogens is 1. The molecule has 1 amide bonds. The summed E-state index contributed by atoms with van der Waals surface area (Å²) in [7, 11) is 0. The van der Waals surface area contributed by atoms with Crippen molar-refractivity contribution in [2.75, 3.05) is 12.3 Å². The average Bonchev–Trinajstić information content (AvgIpc) is 2.38. The zero-order valence-electron chi connectivity index (χ0n) is 11.3. The number of hydrogen-bond donors (Lipinski definition) is 1. The molecule has 1 aromatic carbocycles. The largest absolute Gasteiger partial charge is 0.332 e. The molecule has 1 fully saturated rings. The number of nitrogens with zero attached hydrogens (tertiary/aromatic N) is 1. The molecule has 2 rings (SSSR count). The van der Waals surface area contributed by atoms with Crippen molar-refractivity contribution in [2.24, 2.45) is 5.73 Å². The Hall–Kier alpha value is -0.710. The molecule has 2 unspecified atom stereocenters. The van der Waals surface area contributed by atoms with Crippen LogP contribution in [0.15, 0.2) is 30.3 Å². The first-order valence-corrected chi connectivity index (χ1v) is 7.38. The quantitative estimate of drug-likeness (QED) is 0.912. The number of rotatable bonds is 2.